The van der Waals surface area contributed by atoms with E-state index >= 15 is 0 Å². The molecule has 1 atom stereocenters. The maximum absolute atomic E-state index is 13.3. The molecule has 2 aromatic heterocycles. The van der Waals surface area contributed by atoms with Crippen LogP contribution in [0.2, 0.25) is 0 Å². The lowest BCUT2D eigenvalue weighted by atomic mass is 9.98. The van der Waals surface area contributed by atoms with Crippen molar-refractivity contribution in [3.05, 3.63) is 70.2 Å². The summed E-state index contributed by atoms with van der Waals surface area (Å²) in [6.45, 7) is 3.47. The van der Waals surface area contributed by atoms with Crippen LogP contribution in [-0.2, 0) is 0 Å². The summed E-state index contributed by atoms with van der Waals surface area (Å²) in [7, 11) is 0. The van der Waals surface area contributed by atoms with Gasteiger partial charge in [-0.25, -0.2) is 9.97 Å². The van der Waals surface area contributed by atoms with Gasteiger partial charge in [0, 0.05) is 24.6 Å². The van der Waals surface area contributed by atoms with E-state index < -0.39 is 0 Å². The van der Waals surface area contributed by atoms with Crippen LogP contribution in [0.3, 0.4) is 0 Å². The minimum Gasteiger partial charge on any atom is -0.337 e. The molecule has 4 nitrogen and oxygen atoms in total. The van der Waals surface area contributed by atoms with Crippen LogP contribution in [0.25, 0.3) is 20.8 Å². The van der Waals surface area contributed by atoms with Crippen molar-refractivity contribution in [2.24, 2.45) is 0 Å². The van der Waals surface area contributed by atoms with Gasteiger partial charge in [-0.15, -0.1) is 22.7 Å². The van der Waals surface area contributed by atoms with E-state index in [0.717, 1.165) is 57.6 Å². The molecule has 0 N–H and O–H groups in total. The average molecular weight is 420 g/mol. The highest BCUT2D eigenvalue weighted by Crippen LogP contribution is 2.35. The molecule has 0 radical (unpaired) electrons. The predicted octanol–water partition coefficient (Wildman–Crippen LogP) is 5.75. The Labute approximate surface area is 177 Å². The van der Waals surface area contributed by atoms with E-state index in [1.54, 1.807) is 11.3 Å². The number of fused-ring (bicyclic) bond motifs is 1. The number of hydrogen-bond acceptors (Lipinski definition) is 5. The van der Waals surface area contributed by atoms with E-state index in [4.69, 9.17) is 4.98 Å². The van der Waals surface area contributed by atoms with Gasteiger partial charge in [0.25, 0.3) is 5.91 Å². The van der Waals surface area contributed by atoms with E-state index in [1.165, 1.54) is 16.0 Å². The molecule has 3 heterocycles. The zero-order valence-electron chi connectivity index (χ0n) is 16.2. The molecule has 0 bridgehead atoms. The fourth-order valence-electron chi connectivity index (χ4n) is 3.87. The Hall–Kier alpha value is -2.57. The number of nitrogens with zero attached hydrogens (tertiary/aromatic N) is 3. The Balaban J connectivity index is 1.38. The molecule has 2 aromatic carbocycles. The van der Waals surface area contributed by atoms with Crippen LogP contribution >= 0.6 is 22.7 Å². The number of aromatic nitrogens is 2. The Morgan fingerprint density at radius 2 is 1.83 bits per heavy atom. The summed E-state index contributed by atoms with van der Waals surface area (Å²) in [5.41, 5.74) is 2.94. The number of benzene rings is 2. The third-order valence-corrected chi connectivity index (χ3v) is 7.77. The smallest absolute Gasteiger partial charge is 0.265 e. The van der Waals surface area contributed by atoms with Gasteiger partial charge < -0.3 is 4.90 Å². The molecule has 6 heteroatoms. The first-order chi connectivity index (χ1) is 14.2. The normalized spacial score (nSPS) is 17.0. The number of amides is 1. The fourth-order valence-corrected chi connectivity index (χ4v) is 6.00. The number of carbonyl (C=O) groups is 1. The number of para-hydroxylation sites is 1. The number of carbonyl (C=O) groups excluding carboxylic acids is 1. The van der Waals surface area contributed by atoms with Gasteiger partial charge >= 0.3 is 0 Å². The van der Waals surface area contributed by atoms with Gasteiger partial charge in [0.2, 0.25) is 0 Å². The zero-order valence-corrected chi connectivity index (χ0v) is 17.8. The summed E-state index contributed by atoms with van der Waals surface area (Å²) in [6, 6.07) is 18.3. The summed E-state index contributed by atoms with van der Waals surface area (Å²) in [5.74, 6) is 0.417. The molecular weight excluding hydrogens is 398 g/mol. The van der Waals surface area contributed by atoms with Gasteiger partial charge in [-0.2, -0.15) is 0 Å². The molecule has 0 aliphatic carbocycles. The van der Waals surface area contributed by atoms with E-state index in [1.807, 2.05) is 48.2 Å². The van der Waals surface area contributed by atoms with Gasteiger partial charge in [0.05, 0.1) is 20.9 Å². The number of aryl methyl sites for hydroxylation is 1. The SMILES string of the molecule is Cc1nc(-c2ccccc2)sc1C(=O)N1CCC[C@@H](c2nc3ccccc3s2)C1. The Morgan fingerprint density at radius 3 is 2.66 bits per heavy atom. The highest BCUT2D eigenvalue weighted by molar-refractivity contribution is 7.18. The average Bonchev–Trinajstić information content (AvgIpc) is 3.38. The Bertz CT molecular complexity index is 1130. The lowest BCUT2D eigenvalue weighted by molar-refractivity contribution is 0.0711. The minimum atomic E-state index is 0.105. The quantitative estimate of drug-likeness (QED) is 0.425. The molecule has 1 saturated heterocycles. The lowest BCUT2D eigenvalue weighted by Gasteiger charge is -2.31. The molecule has 0 unspecified atom stereocenters. The van der Waals surface area contributed by atoms with Crippen LogP contribution in [-0.4, -0.2) is 33.9 Å². The van der Waals surface area contributed by atoms with Crippen molar-refractivity contribution in [3.8, 4) is 10.6 Å². The molecule has 5 rings (SSSR count). The third-order valence-electron chi connectivity index (χ3n) is 5.38. The summed E-state index contributed by atoms with van der Waals surface area (Å²) >= 11 is 3.26. The number of thiazole rings is 2. The van der Waals surface area contributed by atoms with Crippen LogP contribution in [0.5, 0.6) is 0 Å². The predicted molar refractivity (Wildman–Crippen MR) is 120 cm³/mol. The first kappa shape index (κ1) is 18.5. The van der Waals surface area contributed by atoms with Crippen LogP contribution in [0.4, 0.5) is 0 Å². The fraction of sp³-hybridized carbons (Fsp3) is 0.261. The molecule has 0 spiro atoms. The first-order valence-electron chi connectivity index (χ1n) is 9.86. The van der Waals surface area contributed by atoms with E-state index in [0.29, 0.717) is 5.92 Å². The topological polar surface area (TPSA) is 46.1 Å². The molecule has 1 aliphatic rings. The van der Waals surface area contributed by atoms with Gasteiger partial charge in [0.15, 0.2) is 0 Å². The van der Waals surface area contributed by atoms with Crippen LogP contribution in [0.1, 0.15) is 39.1 Å². The highest BCUT2D eigenvalue weighted by Gasteiger charge is 2.29. The molecule has 1 fully saturated rings. The van der Waals surface area contributed by atoms with Crippen molar-refractivity contribution >= 4 is 38.8 Å². The van der Waals surface area contributed by atoms with Crippen LogP contribution in [0, 0.1) is 6.92 Å². The Morgan fingerprint density at radius 1 is 1.03 bits per heavy atom. The summed E-state index contributed by atoms with van der Waals surface area (Å²) in [6.07, 6.45) is 2.09. The van der Waals surface area contributed by atoms with Crippen molar-refractivity contribution in [1.29, 1.82) is 0 Å². The molecular formula is C23H21N3OS2. The first-order valence-corrected chi connectivity index (χ1v) is 11.5. The maximum atomic E-state index is 13.3. The highest BCUT2D eigenvalue weighted by atomic mass is 32.1. The van der Waals surface area contributed by atoms with Crippen molar-refractivity contribution < 1.29 is 4.79 Å². The largest absolute Gasteiger partial charge is 0.337 e. The van der Waals surface area contributed by atoms with Crippen molar-refractivity contribution in [2.45, 2.75) is 25.7 Å². The number of hydrogen-bond donors (Lipinski definition) is 0. The third kappa shape index (κ3) is 3.58. The summed E-state index contributed by atoms with van der Waals surface area (Å²) in [4.78, 5) is 25.5. The van der Waals surface area contributed by atoms with Crippen molar-refractivity contribution in [2.75, 3.05) is 13.1 Å². The summed E-state index contributed by atoms with van der Waals surface area (Å²) in [5, 5.41) is 2.06. The molecule has 0 saturated carbocycles. The van der Waals surface area contributed by atoms with Crippen molar-refractivity contribution in [1.82, 2.24) is 14.9 Å². The second kappa shape index (κ2) is 7.69. The molecule has 1 amide bonds. The van der Waals surface area contributed by atoms with Gasteiger partial charge in [-0.05, 0) is 31.9 Å². The van der Waals surface area contributed by atoms with E-state index in [9.17, 15) is 4.79 Å². The van der Waals surface area contributed by atoms with E-state index in [-0.39, 0.29) is 5.91 Å². The van der Waals surface area contributed by atoms with Crippen LogP contribution < -0.4 is 0 Å². The maximum Gasteiger partial charge on any atom is 0.265 e. The Kier molecular flexibility index (Phi) is 4.89. The second-order valence-electron chi connectivity index (χ2n) is 7.41. The molecule has 1 aliphatic heterocycles. The second-order valence-corrected chi connectivity index (χ2v) is 9.47. The minimum absolute atomic E-state index is 0.105. The number of likely N-dealkylation sites (tertiary alicyclic amines) is 1. The molecule has 4 aromatic rings. The number of piperidine rings is 1. The van der Waals surface area contributed by atoms with Crippen LogP contribution in [0.15, 0.2) is 54.6 Å². The summed E-state index contributed by atoms with van der Waals surface area (Å²) < 4.78 is 1.22. The standard InChI is InChI=1S/C23H21N3OS2/c1-15-20(29-21(24-15)16-8-3-2-4-9-16)23(27)26-13-7-10-17(14-26)22-25-18-11-5-6-12-19(18)28-22/h2-6,8-9,11-12,17H,7,10,13-14H2,1H3/t17-/m1/s1. The molecule has 29 heavy (non-hydrogen) atoms. The van der Waals surface area contributed by atoms with Gasteiger partial charge in [0.1, 0.15) is 9.88 Å². The van der Waals surface area contributed by atoms with E-state index in [2.05, 4.69) is 23.2 Å². The van der Waals surface area contributed by atoms with Gasteiger partial charge in [-0.1, -0.05) is 42.5 Å². The zero-order chi connectivity index (χ0) is 19.8. The van der Waals surface area contributed by atoms with Crippen molar-refractivity contribution in [3.63, 3.8) is 0 Å². The van der Waals surface area contributed by atoms with Gasteiger partial charge in [-0.3, -0.25) is 4.79 Å². The monoisotopic (exact) mass is 419 g/mol. The molecule has 146 valence electrons. The lowest BCUT2D eigenvalue weighted by Crippen LogP contribution is -2.39. The number of rotatable bonds is 3.